The van der Waals surface area contributed by atoms with Crippen LogP contribution >= 0.6 is 0 Å². The van der Waals surface area contributed by atoms with Gasteiger partial charge in [-0.2, -0.15) is 0 Å². The van der Waals surface area contributed by atoms with E-state index in [1.54, 1.807) is 13.2 Å². The third kappa shape index (κ3) is 5.57. The molecule has 0 aromatic heterocycles. The molecule has 1 atom stereocenters. The molecule has 1 N–H and O–H groups in total. The van der Waals surface area contributed by atoms with E-state index in [1.807, 2.05) is 0 Å². The molecule has 11 heavy (non-hydrogen) atoms. The van der Waals surface area contributed by atoms with Gasteiger partial charge in [0.2, 0.25) is 0 Å². The summed E-state index contributed by atoms with van der Waals surface area (Å²) in [6.07, 6.45) is 2.81. The van der Waals surface area contributed by atoms with Gasteiger partial charge < -0.3 is 14.7 Å². The summed E-state index contributed by atoms with van der Waals surface area (Å²) in [5, 5.41) is 10.8. The fourth-order valence-electron chi connectivity index (χ4n) is 0.503. The Morgan fingerprint density at radius 1 is 1.73 bits per heavy atom. The molecule has 1 unspecified atom stereocenters. The summed E-state index contributed by atoms with van der Waals surface area (Å²) in [7, 11) is 1.58. The lowest BCUT2D eigenvalue weighted by molar-refractivity contribution is 0.0482. The first-order valence-corrected chi connectivity index (χ1v) is 3.24. The van der Waals surface area contributed by atoms with Crippen LogP contribution in [0.1, 0.15) is 0 Å². The van der Waals surface area contributed by atoms with Crippen LogP contribution in [0.2, 0.25) is 0 Å². The van der Waals surface area contributed by atoms with Gasteiger partial charge in [0, 0.05) is 7.11 Å². The van der Waals surface area contributed by atoms with Crippen molar-refractivity contribution in [1.82, 2.24) is 0 Å². The van der Waals surface area contributed by atoms with Crippen LogP contribution in [0.3, 0.4) is 0 Å². The van der Waals surface area contributed by atoms with Crippen molar-refractivity contribution >= 4 is 6.21 Å². The highest BCUT2D eigenvalue weighted by Crippen LogP contribution is 1.90. The van der Waals surface area contributed by atoms with Crippen molar-refractivity contribution < 1.29 is 14.7 Å². The number of hydrogen-bond acceptors (Lipinski definition) is 4. The molecule has 0 aromatic rings. The summed E-state index contributed by atoms with van der Waals surface area (Å²) >= 11 is 0. The van der Waals surface area contributed by atoms with E-state index in [1.165, 1.54) is 6.21 Å². The number of nitrogens with zero attached hydrogens (tertiary/aromatic N) is 1. The predicted octanol–water partition coefficient (Wildman–Crippen LogP) is 0.664. The normalized spacial score (nSPS) is 13.5. The minimum Gasteiger partial charge on any atom is -0.411 e. The van der Waals surface area contributed by atoms with Gasteiger partial charge in [-0.15, -0.1) is 6.58 Å². The zero-order chi connectivity index (χ0) is 8.53. The standard InChI is InChI=1S/C7H13NO3/c1-3-7(10-2)6-11-5-4-8-9/h3-4,7,9H,1,5-6H2,2H3. The lowest BCUT2D eigenvalue weighted by Crippen LogP contribution is -2.15. The lowest BCUT2D eigenvalue weighted by atomic mass is 10.4. The molecule has 0 aliphatic carbocycles. The molecular formula is C7H13NO3. The third-order valence-electron chi connectivity index (χ3n) is 1.12. The Labute approximate surface area is 66.1 Å². The van der Waals surface area contributed by atoms with Crippen molar-refractivity contribution in [3.05, 3.63) is 12.7 Å². The molecule has 0 saturated heterocycles. The van der Waals surface area contributed by atoms with E-state index in [0.717, 1.165) is 0 Å². The molecule has 0 heterocycles. The number of ether oxygens (including phenoxy) is 2. The Morgan fingerprint density at radius 3 is 2.91 bits per heavy atom. The van der Waals surface area contributed by atoms with E-state index in [0.29, 0.717) is 6.61 Å². The summed E-state index contributed by atoms with van der Waals surface area (Å²) in [6.45, 7) is 4.25. The molecular weight excluding hydrogens is 146 g/mol. The summed E-state index contributed by atoms with van der Waals surface area (Å²) < 4.78 is 9.94. The molecule has 0 aliphatic heterocycles. The molecule has 4 nitrogen and oxygen atoms in total. The van der Waals surface area contributed by atoms with E-state index in [4.69, 9.17) is 14.7 Å². The maximum atomic E-state index is 7.98. The van der Waals surface area contributed by atoms with Crippen LogP contribution in [0.25, 0.3) is 0 Å². The fourth-order valence-corrected chi connectivity index (χ4v) is 0.503. The summed E-state index contributed by atoms with van der Waals surface area (Å²) in [6, 6.07) is 0. The van der Waals surface area contributed by atoms with Crippen molar-refractivity contribution in [2.75, 3.05) is 20.3 Å². The SMILES string of the molecule is C=CC(COCC=NO)OC. The molecule has 64 valence electrons. The summed E-state index contributed by atoms with van der Waals surface area (Å²) in [5.41, 5.74) is 0. The smallest absolute Gasteiger partial charge is 0.0983 e. The highest BCUT2D eigenvalue weighted by atomic mass is 16.5. The second-order valence-electron chi connectivity index (χ2n) is 1.85. The Hall–Kier alpha value is -0.870. The minimum absolute atomic E-state index is 0.0953. The summed E-state index contributed by atoms with van der Waals surface area (Å²) in [4.78, 5) is 0. The highest BCUT2D eigenvalue weighted by Gasteiger charge is 1.99. The van der Waals surface area contributed by atoms with Crippen molar-refractivity contribution in [3.63, 3.8) is 0 Å². The molecule has 0 aromatic carbocycles. The van der Waals surface area contributed by atoms with Crippen LogP contribution in [0, 0.1) is 0 Å². The first kappa shape index (κ1) is 10.1. The third-order valence-corrected chi connectivity index (χ3v) is 1.12. The van der Waals surface area contributed by atoms with Crippen LogP contribution in [0.5, 0.6) is 0 Å². The van der Waals surface area contributed by atoms with E-state index < -0.39 is 0 Å². The average Bonchev–Trinajstić information content (AvgIpc) is 2.05. The van der Waals surface area contributed by atoms with E-state index in [2.05, 4.69) is 11.7 Å². The van der Waals surface area contributed by atoms with Gasteiger partial charge in [0.25, 0.3) is 0 Å². The van der Waals surface area contributed by atoms with Gasteiger partial charge in [-0.1, -0.05) is 11.2 Å². The number of hydrogen-bond donors (Lipinski definition) is 1. The largest absolute Gasteiger partial charge is 0.411 e. The van der Waals surface area contributed by atoms with Crippen LogP contribution in [-0.4, -0.2) is 37.8 Å². The average molecular weight is 159 g/mol. The van der Waals surface area contributed by atoms with Gasteiger partial charge in [-0.05, 0) is 0 Å². The molecule has 0 fully saturated rings. The maximum Gasteiger partial charge on any atom is 0.0983 e. The quantitative estimate of drug-likeness (QED) is 0.204. The second kappa shape index (κ2) is 7.24. The van der Waals surface area contributed by atoms with Gasteiger partial charge in [-0.25, -0.2) is 0 Å². The molecule has 0 spiro atoms. The number of oxime groups is 1. The maximum absolute atomic E-state index is 7.98. The molecule has 4 heteroatoms. The van der Waals surface area contributed by atoms with Gasteiger partial charge in [0.05, 0.1) is 25.5 Å². The first-order chi connectivity index (χ1) is 5.35. The Morgan fingerprint density at radius 2 is 2.45 bits per heavy atom. The lowest BCUT2D eigenvalue weighted by Gasteiger charge is -2.08. The minimum atomic E-state index is -0.0953. The van der Waals surface area contributed by atoms with Crippen molar-refractivity contribution in [2.45, 2.75) is 6.10 Å². The predicted molar refractivity (Wildman–Crippen MR) is 42.1 cm³/mol. The van der Waals surface area contributed by atoms with E-state index in [9.17, 15) is 0 Å². The van der Waals surface area contributed by atoms with Crippen LogP contribution < -0.4 is 0 Å². The van der Waals surface area contributed by atoms with Crippen LogP contribution in [0.15, 0.2) is 17.8 Å². The van der Waals surface area contributed by atoms with Gasteiger partial charge in [0.1, 0.15) is 0 Å². The Balaban J connectivity index is 3.28. The number of methoxy groups -OCH3 is 1. The highest BCUT2D eigenvalue weighted by molar-refractivity contribution is 5.57. The van der Waals surface area contributed by atoms with Gasteiger partial charge in [-0.3, -0.25) is 0 Å². The first-order valence-electron chi connectivity index (χ1n) is 3.24. The molecule has 0 aliphatic rings. The Bertz CT molecular complexity index is 125. The number of rotatable bonds is 6. The van der Waals surface area contributed by atoms with E-state index in [-0.39, 0.29) is 12.7 Å². The van der Waals surface area contributed by atoms with E-state index >= 15 is 0 Å². The molecule has 0 rings (SSSR count). The second-order valence-corrected chi connectivity index (χ2v) is 1.85. The monoisotopic (exact) mass is 159 g/mol. The van der Waals surface area contributed by atoms with Crippen molar-refractivity contribution in [1.29, 1.82) is 0 Å². The zero-order valence-corrected chi connectivity index (χ0v) is 6.56. The van der Waals surface area contributed by atoms with Crippen molar-refractivity contribution in [2.24, 2.45) is 5.16 Å². The van der Waals surface area contributed by atoms with Crippen LogP contribution in [0.4, 0.5) is 0 Å². The topological polar surface area (TPSA) is 51.0 Å². The zero-order valence-electron chi connectivity index (χ0n) is 6.56. The van der Waals surface area contributed by atoms with Crippen LogP contribution in [-0.2, 0) is 9.47 Å². The molecule has 0 amide bonds. The Kier molecular flexibility index (Phi) is 6.67. The molecule has 0 bridgehead atoms. The molecule has 0 radical (unpaired) electrons. The van der Waals surface area contributed by atoms with Gasteiger partial charge >= 0.3 is 0 Å². The molecule has 0 saturated carbocycles. The fraction of sp³-hybridized carbons (Fsp3) is 0.571. The summed E-state index contributed by atoms with van der Waals surface area (Å²) in [5.74, 6) is 0. The van der Waals surface area contributed by atoms with Crippen molar-refractivity contribution in [3.8, 4) is 0 Å². The van der Waals surface area contributed by atoms with Gasteiger partial charge in [0.15, 0.2) is 0 Å².